The molecule has 0 unspecified atom stereocenters. The SMILES string of the molecule is COCCNCc1cnc(N2CCN(C3CC3)CC2)nc1. The van der Waals surface area contributed by atoms with Gasteiger partial charge in [0.25, 0.3) is 0 Å². The lowest BCUT2D eigenvalue weighted by molar-refractivity contribution is 0.199. The summed E-state index contributed by atoms with van der Waals surface area (Å²) in [6.45, 7) is 6.75. The number of ether oxygens (including phenoxy) is 1. The first kappa shape index (κ1) is 14.7. The molecule has 3 rings (SSSR count). The van der Waals surface area contributed by atoms with Crippen LogP contribution in [0.2, 0.25) is 0 Å². The number of aromatic nitrogens is 2. The maximum atomic E-state index is 5.00. The van der Waals surface area contributed by atoms with Gasteiger partial charge < -0.3 is 15.0 Å². The third-order valence-corrected chi connectivity index (χ3v) is 4.16. The van der Waals surface area contributed by atoms with Crippen LogP contribution in [0, 0.1) is 0 Å². The summed E-state index contributed by atoms with van der Waals surface area (Å²) in [5.41, 5.74) is 1.12. The fourth-order valence-electron chi connectivity index (χ4n) is 2.74. The molecular formula is C15H25N5O. The van der Waals surface area contributed by atoms with Crippen LogP contribution in [0.3, 0.4) is 0 Å². The molecular weight excluding hydrogens is 266 g/mol. The molecule has 1 aliphatic carbocycles. The first-order valence-electron chi connectivity index (χ1n) is 7.86. The Bertz CT molecular complexity index is 426. The van der Waals surface area contributed by atoms with E-state index in [1.54, 1.807) is 7.11 Å². The van der Waals surface area contributed by atoms with E-state index in [9.17, 15) is 0 Å². The molecule has 2 heterocycles. The molecule has 116 valence electrons. The molecule has 0 amide bonds. The number of nitrogens with zero attached hydrogens (tertiary/aromatic N) is 4. The monoisotopic (exact) mass is 291 g/mol. The summed E-state index contributed by atoms with van der Waals surface area (Å²) in [5, 5.41) is 3.30. The summed E-state index contributed by atoms with van der Waals surface area (Å²) in [5.74, 6) is 0.867. The molecule has 0 bridgehead atoms. The lowest BCUT2D eigenvalue weighted by atomic mass is 10.3. The van der Waals surface area contributed by atoms with Crippen LogP contribution in [-0.2, 0) is 11.3 Å². The van der Waals surface area contributed by atoms with Gasteiger partial charge in [-0.1, -0.05) is 0 Å². The lowest BCUT2D eigenvalue weighted by Crippen LogP contribution is -2.47. The van der Waals surface area contributed by atoms with E-state index in [2.05, 4.69) is 25.1 Å². The van der Waals surface area contributed by atoms with Crippen LogP contribution < -0.4 is 10.2 Å². The number of hydrogen-bond donors (Lipinski definition) is 1. The van der Waals surface area contributed by atoms with E-state index < -0.39 is 0 Å². The number of rotatable bonds is 7. The maximum Gasteiger partial charge on any atom is 0.225 e. The first-order valence-corrected chi connectivity index (χ1v) is 7.86. The fraction of sp³-hybridized carbons (Fsp3) is 0.733. The van der Waals surface area contributed by atoms with Crippen molar-refractivity contribution in [2.24, 2.45) is 0 Å². The van der Waals surface area contributed by atoms with Gasteiger partial charge in [-0.05, 0) is 12.8 Å². The van der Waals surface area contributed by atoms with Gasteiger partial charge >= 0.3 is 0 Å². The molecule has 1 aromatic rings. The third kappa shape index (κ3) is 4.12. The Balaban J connectivity index is 1.45. The smallest absolute Gasteiger partial charge is 0.225 e. The summed E-state index contributed by atoms with van der Waals surface area (Å²) < 4.78 is 5.00. The third-order valence-electron chi connectivity index (χ3n) is 4.16. The van der Waals surface area contributed by atoms with Crippen molar-refractivity contribution in [2.45, 2.75) is 25.4 Å². The molecule has 0 radical (unpaired) electrons. The standard InChI is InChI=1S/C15H25N5O/c1-21-9-4-16-10-13-11-17-15(18-12-13)20-7-5-19(6-8-20)14-2-3-14/h11-12,14,16H,2-10H2,1H3. The van der Waals surface area contributed by atoms with Crippen LogP contribution in [0.15, 0.2) is 12.4 Å². The van der Waals surface area contributed by atoms with Gasteiger partial charge in [-0.3, -0.25) is 4.90 Å². The van der Waals surface area contributed by atoms with Crippen molar-refractivity contribution in [3.8, 4) is 0 Å². The Morgan fingerprint density at radius 1 is 1.19 bits per heavy atom. The highest BCUT2D eigenvalue weighted by atomic mass is 16.5. The van der Waals surface area contributed by atoms with Gasteiger partial charge in [0.2, 0.25) is 5.95 Å². The minimum atomic E-state index is 0.726. The summed E-state index contributed by atoms with van der Waals surface area (Å²) in [6, 6.07) is 0.869. The van der Waals surface area contributed by atoms with E-state index in [4.69, 9.17) is 4.74 Å². The van der Waals surface area contributed by atoms with Gasteiger partial charge in [0.1, 0.15) is 0 Å². The molecule has 2 fully saturated rings. The molecule has 6 nitrogen and oxygen atoms in total. The lowest BCUT2D eigenvalue weighted by Gasteiger charge is -2.34. The van der Waals surface area contributed by atoms with Crippen molar-refractivity contribution in [1.29, 1.82) is 0 Å². The van der Waals surface area contributed by atoms with Crippen molar-refractivity contribution in [2.75, 3.05) is 51.3 Å². The highest BCUT2D eigenvalue weighted by molar-refractivity contribution is 5.30. The van der Waals surface area contributed by atoms with Gasteiger partial charge in [-0.15, -0.1) is 0 Å². The van der Waals surface area contributed by atoms with Crippen molar-refractivity contribution in [3.63, 3.8) is 0 Å². The van der Waals surface area contributed by atoms with E-state index >= 15 is 0 Å². The molecule has 1 N–H and O–H groups in total. The largest absolute Gasteiger partial charge is 0.383 e. The van der Waals surface area contributed by atoms with Gasteiger partial charge in [0, 0.05) is 70.4 Å². The number of methoxy groups -OCH3 is 1. The molecule has 21 heavy (non-hydrogen) atoms. The van der Waals surface area contributed by atoms with E-state index in [-0.39, 0.29) is 0 Å². The van der Waals surface area contributed by atoms with E-state index in [1.165, 1.54) is 12.8 Å². The minimum Gasteiger partial charge on any atom is -0.383 e. The number of piperazine rings is 1. The summed E-state index contributed by atoms with van der Waals surface area (Å²) in [4.78, 5) is 13.9. The van der Waals surface area contributed by atoms with Gasteiger partial charge in [0.05, 0.1) is 6.61 Å². The normalized spacial score (nSPS) is 20.0. The number of anilines is 1. The van der Waals surface area contributed by atoms with Gasteiger partial charge in [-0.2, -0.15) is 0 Å². The average Bonchev–Trinajstić information content (AvgIpc) is 3.37. The molecule has 2 aliphatic rings. The molecule has 1 aromatic heterocycles. The Morgan fingerprint density at radius 3 is 2.52 bits per heavy atom. The summed E-state index contributed by atoms with van der Waals surface area (Å²) in [7, 11) is 1.71. The van der Waals surface area contributed by atoms with Crippen molar-refractivity contribution in [1.82, 2.24) is 20.2 Å². The van der Waals surface area contributed by atoms with Crippen LogP contribution in [0.25, 0.3) is 0 Å². The quantitative estimate of drug-likeness (QED) is 0.738. The zero-order chi connectivity index (χ0) is 14.5. The van der Waals surface area contributed by atoms with Gasteiger partial charge in [0.15, 0.2) is 0 Å². The van der Waals surface area contributed by atoms with Gasteiger partial charge in [-0.25, -0.2) is 9.97 Å². The van der Waals surface area contributed by atoms with Crippen molar-refractivity contribution >= 4 is 5.95 Å². The second-order valence-corrected chi connectivity index (χ2v) is 5.82. The average molecular weight is 291 g/mol. The van der Waals surface area contributed by atoms with E-state index in [0.717, 1.165) is 63.4 Å². The van der Waals surface area contributed by atoms with E-state index in [1.807, 2.05) is 12.4 Å². The predicted octanol–water partition coefficient (Wildman–Crippen LogP) is 0.497. The van der Waals surface area contributed by atoms with Crippen molar-refractivity contribution in [3.05, 3.63) is 18.0 Å². The molecule has 6 heteroatoms. The molecule has 1 aliphatic heterocycles. The summed E-state index contributed by atoms with van der Waals surface area (Å²) in [6.07, 6.45) is 6.63. The Kier molecular flexibility index (Phi) is 5.00. The minimum absolute atomic E-state index is 0.726. The molecule has 1 saturated heterocycles. The molecule has 0 atom stereocenters. The van der Waals surface area contributed by atoms with Crippen LogP contribution in [-0.4, -0.2) is 67.4 Å². The second kappa shape index (κ2) is 7.15. The zero-order valence-corrected chi connectivity index (χ0v) is 12.8. The maximum absolute atomic E-state index is 5.00. The molecule has 0 aromatic carbocycles. The Morgan fingerprint density at radius 2 is 1.90 bits per heavy atom. The van der Waals surface area contributed by atoms with Crippen molar-refractivity contribution < 1.29 is 4.74 Å². The van der Waals surface area contributed by atoms with Crippen LogP contribution in [0.4, 0.5) is 5.95 Å². The molecule has 0 spiro atoms. The fourth-order valence-corrected chi connectivity index (χ4v) is 2.74. The Labute approximate surface area is 126 Å². The topological polar surface area (TPSA) is 53.5 Å². The highest BCUT2D eigenvalue weighted by Crippen LogP contribution is 2.27. The number of nitrogens with one attached hydrogen (secondary N) is 1. The van der Waals surface area contributed by atoms with E-state index in [0.29, 0.717) is 0 Å². The molecule has 1 saturated carbocycles. The number of hydrogen-bond acceptors (Lipinski definition) is 6. The zero-order valence-electron chi connectivity index (χ0n) is 12.8. The van der Waals surface area contributed by atoms with Crippen LogP contribution in [0.1, 0.15) is 18.4 Å². The second-order valence-electron chi connectivity index (χ2n) is 5.82. The highest BCUT2D eigenvalue weighted by Gasteiger charge is 2.31. The summed E-state index contributed by atoms with van der Waals surface area (Å²) >= 11 is 0. The predicted molar refractivity (Wildman–Crippen MR) is 82.4 cm³/mol. The first-order chi connectivity index (χ1) is 10.4. The van der Waals surface area contributed by atoms with Crippen LogP contribution in [0.5, 0.6) is 0 Å². The van der Waals surface area contributed by atoms with Crippen LogP contribution >= 0.6 is 0 Å². The Hall–Kier alpha value is -1.24.